The van der Waals surface area contributed by atoms with Crippen LogP contribution < -0.4 is 9.80 Å². The molecule has 2 heterocycles. The van der Waals surface area contributed by atoms with E-state index >= 15 is 0 Å². The van der Waals surface area contributed by atoms with E-state index in [1.54, 1.807) is 0 Å². The minimum absolute atomic E-state index is 0.0358. The molecule has 27 heavy (non-hydrogen) atoms. The molecule has 0 spiro atoms. The first-order valence-corrected chi connectivity index (χ1v) is 10.3. The van der Waals surface area contributed by atoms with Gasteiger partial charge in [-0.2, -0.15) is 0 Å². The van der Waals surface area contributed by atoms with Crippen LogP contribution in [-0.2, 0) is 20.7 Å². The molecular weight excluding hydrogens is 340 g/mol. The van der Waals surface area contributed by atoms with Crippen LogP contribution in [0.5, 0.6) is 0 Å². The topological polar surface area (TPSA) is 51.1 Å². The van der Waals surface area contributed by atoms with Gasteiger partial charge in [0.2, 0.25) is 11.8 Å². The van der Waals surface area contributed by atoms with Gasteiger partial charge in [0.25, 0.3) is 0 Å². The number of carbonyl (C=O) groups excluding carboxylic acids is 2. The second kappa shape index (κ2) is 7.95. The zero-order chi connectivity index (χ0) is 18.8. The van der Waals surface area contributed by atoms with E-state index in [1.165, 1.54) is 33.1 Å². The lowest BCUT2D eigenvalue weighted by Crippen LogP contribution is -3.12. The van der Waals surface area contributed by atoms with Crippen LogP contribution in [0.4, 0.5) is 5.69 Å². The number of benzene rings is 1. The lowest BCUT2D eigenvalue weighted by Gasteiger charge is -2.31. The number of hydrogen-bond acceptors (Lipinski definition) is 3. The second-order valence-electron chi connectivity index (χ2n) is 7.77. The molecule has 1 atom stereocenters. The number of rotatable bonds is 4. The monoisotopic (exact) mass is 369 g/mol. The van der Waals surface area contributed by atoms with Crippen LogP contribution in [-0.4, -0.2) is 38.1 Å². The fourth-order valence-electron chi connectivity index (χ4n) is 4.69. The molecule has 2 amide bonds. The zero-order valence-electron chi connectivity index (χ0n) is 16.1. The predicted octanol–water partition coefficient (Wildman–Crippen LogP) is 1.87. The van der Waals surface area contributed by atoms with Crippen molar-refractivity contribution < 1.29 is 19.2 Å². The van der Waals surface area contributed by atoms with Crippen molar-refractivity contribution in [2.75, 3.05) is 31.2 Å². The van der Waals surface area contributed by atoms with Gasteiger partial charge in [0, 0.05) is 12.8 Å². The average molecular weight is 369 g/mol. The summed E-state index contributed by atoms with van der Waals surface area (Å²) in [6.07, 6.45) is 5.56. The van der Waals surface area contributed by atoms with Crippen molar-refractivity contribution in [3.8, 4) is 0 Å². The van der Waals surface area contributed by atoms with Gasteiger partial charge in [0.15, 0.2) is 0 Å². The van der Waals surface area contributed by atoms with Gasteiger partial charge in [0.1, 0.15) is 18.8 Å². The maximum Gasteiger partial charge on any atom is 0.241 e. The zero-order valence-corrected chi connectivity index (χ0v) is 16.1. The molecule has 1 aromatic carbocycles. The summed E-state index contributed by atoms with van der Waals surface area (Å²) in [6, 6.07) is 7.82. The van der Waals surface area contributed by atoms with E-state index in [-0.39, 0.29) is 17.7 Å². The first-order chi connectivity index (χ1) is 13.2. The molecule has 1 aliphatic carbocycles. The standard InChI is InChI=1S/C22H28N2O3/c1-2-16-7-9-17(10-8-16)24-21(25)15-19(22(24)26)18-5-3-4-6-20(18)23-11-13-27-14-12-23/h7-10,19H,2-6,11-15H2,1H3/p+1/t19-/m1/s1. The molecule has 2 aliphatic heterocycles. The number of morpholine rings is 1. The Kier molecular flexibility index (Phi) is 5.41. The summed E-state index contributed by atoms with van der Waals surface area (Å²) in [5, 5.41) is 0. The summed E-state index contributed by atoms with van der Waals surface area (Å²) in [6.45, 7) is 5.59. The normalized spacial score (nSPS) is 24.8. The molecule has 1 aromatic rings. The van der Waals surface area contributed by atoms with Crippen LogP contribution in [0, 0.1) is 5.92 Å². The number of carbonyl (C=O) groups is 2. The first-order valence-electron chi connectivity index (χ1n) is 10.3. The van der Waals surface area contributed by atoms with Crippen molar-refractivity contribution in [1.82, 2.24) is 0 Å². The van der Waals surface area contributed by atoms with Crippen molar-refractivity contribution in [2.24, 2.45) is 5.92 Å². The highest BCUT2D eigenvalue weighted by Crippen LogP contribution is 2.36. The molecular formula is C22H29N2O3+. The number of quaternary nitrogens is 1. The summed E-state index contributed by atoms with van der Waals surface area (Å²) in [7, 11) is 0. The van der Waals surface area contributed by atoms with Crippen molar-refractivity contribution in [3.63, 3.8) is 0 Å². The molecule has 3 aliphatic rings. The second-order valence-corrected chi connectivity index (χ2v) is 7.77. The number of imide groups is 1. The van der Waals surface area contributed by atoms with Gasteiger partial charge in [-0.05, 0) is 49.0 Å². The van der Waals surface area contributed by atoms with E-state index in [0.717, 1.165) is 52.0 Å². The lowest BCUT2D eigenvalue weighted by molar-refractivity contribution is -0.872. The highest BCUT2D eigenvalue weighted by Gasteiger charge is 2.44. The molecule has 4 rings (SSSR count). The smallest absolute Gasteiger partial charge is 0.241 e. The number of amides is 2. The quantitative estimate of drug-likeness (QED) is 0.825. The van der Waals surface area contributed by atoms with Gasteiger partial charge >= 0.3 is 0 Å². The summed E-state index contributed by atoms with van der Waals surface area (Å²) in [4.78, 5) is 28.8. The molecule has 0 aromatic heterocycles. The molecule has 0 radical (unpaired) electrons. The number of nitrogens with zero attached hydrogens (tertiary/aromatic N) is 1. The average Bonchev–Trinajstić information content (AvgIpc) is 3.02. The van der Waals surface area contributed by atoms with Gasteiger partial charge in [-0.15, -0.1) is 0 Å². The Bertz CT molecular complexity index is 747. The van der Waals surface area contributed by atoms with E-state index in [1.807, 2.05) is 24.3 Å². The minimum atomic E-state index is -0.269. The summed E-state index contributed by atoms with van der Waals surface area (Å²) in [5.41, 5.74) is 4.55. The molecule has 5 nitrogen and oxygen atoms in total. The Labute approximate surface area is 161 Å². The summed E-state index contributed by atoms with van der Waals surface area (Å²) >= 11 is 0. The lowest BCUT2D eigenvalue weighted by atomic mass is 9.85. The molecule has 0 unspecified atom stereocenters. The fraction of sp³-hybridized carbons (Fsp3) is 0.545. The molecule has 0 bridgehead atoms. The van der Waals surface area contributed by atoms with Crippen LogP contribution in [0.2, 0.25) is 0 Å². The maximum absolute atomic E-state index is 13.2. The van der Waals surface area contributed by atoms with Gasteiger partial charge < -0.3 is 9.64 Å². The number of allylic oxidation sites excluding steroid dienone is 1. The fourth-order valence-corrected chi connectivity index (χ4v) is 4.69. The van der Waals surface area contributed by atoms with Gasteiger partial charge in [-0.1, -0.05) is 19.1 Å². The van der Waals surface area contributed by atoms with Gasteiger partial charge in [-0.25, -0.2) is 0 Å². The Morgan fingerprint density at radius 2 is 1.78 bits per heavy atom. The Morgan fingerprint density at radius 3 is 2.48 bits per heavy atom. The van der Waals surface area contributed by atoms with Crippen LogP contribution in [0.15, 0.2) is 35.5 Å². The van der Waals surface area contributed by atoms with Crippen molar-refractivity contribution in [1.29, 1.82) is 0 Å². The number of aryl methyl sites for hydroxylation is 1. The Hall–Kier alpha value is -1.98. The molecule has 144 valence electrons. The Morgan fingerprint density at radius 1 is 1.07 bits per heavy atom. The Balaban J connectivity index is 1.62. The molecule has 2 saturated heterocycles. The van der Waals surface area contributed by atoms with Crippen LogP contribution in [0.1, 0.15) is 44.6 Å². The third-order valence-corrected chi connectivity index (χ3v) is 6.20. The van der Waals surface area contributed by atoms with E-state index in [0.29, 0.717) is 12.1 Å². The molecule has 2 fully saturated rings. The molecule has 5 heteroatoms. The summed E-state index contributed by atoms with van der Waals surface area (Å²) in [5.74, 6) is -0.371. The van der Waals surface area contributed by atoms with Crippen molar-refractivity contribution in [3.05, 3.63) is 41.1 Å². The number of anilines is 1. The highest BCUT2D eigenvalue weighted by molar-refractivity contribution is 6.21. The van der Waals surface area contributed by atoms with Gasteiger partial charge in [-0.3, -0.25) is 14.5 Å². The number of ether oxygens (including phenoxy) is 1. The van der Waals surface area contributed by atoms with E-state index < -0.39 is 0 Å². The predicted molar refractivity (Wildman–Crippen MR) is 103 cm³/mol. The van der Waals surface area contributed by atoms with E-state index in [4.69, 9.17) is 4.74 Å². The van der Waals surface area contributed by atoms with E-state index in [2.05, 4.69) is 6.92 Å². The third-order valence-electron chi connectivity index (χ3n) is 6.20. The third kappa shape index (κ3) is 3.58. The van der Waals surface area contributed by atoms with Crippen molar-refractivity contribution >= 4 is 17.5 Å². The summed E-state index contributed by atoms with van der Waals surface area (Å²) < 4.78 is 5.51. The minimum Gasteiger partial charge on any atom is -0.370 e. The molecule has 1 N–H and O–H groups in total. The van der Waals surface area contributed by atoms with Crippen LogP contribution >= 0.6 is 0 Å². The highest BCUT2D eigenvalue weighted by atomic mass is 16.5. The number of hydrogen-bond donors (Lipinski definition) is 1. The van der Waals surface area contributed by atoms with Gasteiger partial charge in [0.05, 0.1) is 24.8 Å². The van der Waals surface area contributed by atoms with E-state index in [9.17, 15) is 9.59 Å². The molecule has 0 saturated carbocycles. The van der Waals surface area contributed by atoms with Crippen LogP contribution in [0.25, 0.3) is 0 Å². The maximum atomic E-state index is 13.2. The SMILES string of the molecule is CCc1ccc(N2C(=O)C[C@H](C3=C([NH+]4CCOCC4)CCCC3)C2=O)cc1. The number of nitrogens with one attached hydrogen (secondary N) is 1. The largest absolute Gasteiger partial charge is 0.370 e. The first kappa shape index (κ1) is 18.4. The van der Waals surface area contributed by atoms with Crippen LogP contribution in [0.3, 0.4) is 0 Å². The van der Waals surface area contributed by atoms with Crippen molar-refractivity contribution in [2.45, 2.75) is 45.4 Å².